The number of carbonyl (C=O) groups excluding carboxylic acids is 1. The van der Waals surface area contributed by atoms with E-state index in [0.29, 0.717) is 10.6 Å². The van der Waals surface area contributed by atoms with Gasteiger partial charge in [0, 0.05) is 36.3 Å². The molecule has 0 aromatic heterocycles. The summed E-state index contributed by atoms with van der Waals surface area (Å²) < 4.78 is 0. The summed E-state index contributed by atoms with van der Waals surface area (Å²) >= 11 is 6.05. The lowest BCUT2D eigenvalue weighted by molar-refractivity contribution is 0.0656. The molecule has 1 aromatic carbocycles. The number of aryl methyl sites for hydroxylation is 1. The summed E-state index contributed by atoms with van der Waals surface area (Å²) in [5.74, 6) is 0.0703. The fourth-order valence-corrected chi connectivity index (χ4v) is 2.22. The molecule has 1 N–H and O–H groups in total. The smallest absolute Gasteiger partial charge is 0.254 e. The van der Waals surface area contributed by atoms with E-state index in [-0.39, 0.29) is 24.4 Å². The minimum atomic E-state index is 0. The molecule has 1 heterocycles. The maximum Gasteiger partial charge on any atom is 0.254 e. The highest BCUT2D eigenvalue weighted by Gasteiger charge is 2.24. The first-order valence-corrected chi connectivity index (χ1v) is 6.25. The predicted octanol–water partition coefficient (Wildman–Crippen LogP) is 2.50. The Morgan fingerprint density at radius 2 is 2.22 bits per heavy atom. The first-order valence-electron chi connectivity index (χ1n) is 5.87. The lowest BCUT2D eigenvalue weighted by atomic mass is 10.1. The van der Waals surface area contributed by atoms with Crippen molar-refractivity contribution < 1.29 is 4.79 Å². The molecule has 2 rings (SSSR count). The van der Waals surface area contributed by atoms with Gasteiger partial charge in [0.25, 0.3) is 5.91 Å². The van der Waals surface area contributed by atoms with Crippen LogP contribution >= 0.6 is 24.0 Å². The van der Waals surface area contributed by atoms with Crippen LogP contribution in [0.4, 0.5) is 0 Å². The van der Waals surface area contributed by atoms with Crippen molar-refractivity contribution in [3.63, 3.8) is 0 Å². The number of piperazine rings is 1. The van der Waals surface area contributed by atoms with Gasteiger partial charge in [0.2, 0.25) is 0 Å². The lowest BCUT2D eigenvalue weighted by Gasteiger charge is -2.34. The number of hydrogen-bond acceptors (Lipinski definition) is 2. The molecular formula is C13H18Cl2N2O. The normalized spacial score (nSPS) is 19.3. The van der Waals surface area contributed by atoms with Gasteiger partial charge in [-0.05, 0) is 31.5 Å². The fraction of sp³-hybridized carbons (Fsp3) is 0.462. The summed E-state index contributed by atoms with van der Waals surface area (Å²) in [6.07, 6.45) is 0. The van der Waals surface area contributed by atoms with E-state index in [1.54, 1.807) is 6.07 Å². The number of halogens is 2. The second-order valence-corrected chi connectivity index (χ2v) is 4.92. The highest BCUT2D eigenvalue weighted by Crippen LogP contribution is 2.19. The van der Waals surface area contributed by atoms with Crippen molar-refractivity contribution >= 4 is 29.9 Å². The molecule has 1 fully saturated rings. The van der Waals surface area contributed by atoms with Crippen molar-refractivity contribution in [2.75, 3.05) is 19.6 Å². The Bertz CT molecular complexity index is 437. The minimum Gasteiger partial charge on any atom is -0.333 e. The summed E-state index contributed by atoms with van der Waals surface area (Å²) in [5, 5.41) is 3.92. The van der Waals surface area contributed by atoms with Crippen LogP contribution in [0.1, 0.15) is 22.8 Å². The van der Waals surface area contributed by atoms with Gasteiger partial charge < -0.3 is 10.2 Å². The standard InChI is InChI=1S/C13H17ClN2O.ClH/c1-9-3-4-11(7-12(9)14)13(17)16-6-5-15-8-10(16)2;/h3-4,7,10,15H,5-6,8H2,1-2H3;1H/t10-;/m0./s1. The van der Waals surface area contributed by atoms with Crippen LogP contribution in [0.5, 0.6) is 0 Å². The van der Waals surface area contributed by atoms with Gasteiger partial charge in [-0.2, -0.15) is 0 Å². The van der Waals surface area contributed by atoms with E-state index in [0.717, 1.165) is 25.2 Å². The number of nitrogens with zero attached hydrogens (tertiary/aromatic N) is 1. The summed E-state index contributed by atoms with van der Waals surface area (Å²) in [6.45, 7) is 6.45. The predicted molar refractivity (Wildman–Crippen MR) is 76.8 cm³/mol. The van der Waals surface area contributed by atoms with E-state index in [1.807, 2.05) is 24.0 Å². The molecule has 1 amide bonds. The molecule has 1 aliphatic heterocycles. The zero-order valence-corrected chi connectivity index (χ0v) is 12.1. The third kappa shape index (κ3) is 3.16. The third-order valence-electron chi connectivity index (χ3n) is 3.18. The maximum absolute atomic E-state index is 12.3. The number of amides is 1. The quantitative estimate of drug-likeness (QED) is 0.861. The molecule has 3 nitrogen and oxygen atoms in total. The SMILES string of the molecule is Cc1ccc(C(=O)N2CCNC[C@@H]2C)cc1Cl.Cl. The first kappa shape index (κ1) is 15.3. The molecule has 0 unspecified atom stereocenters. The number of benzene rings is 1. The van der Waals surface area contributed by atoms with E-state index in [2.05, 4.69) is 12.2 Å². The van der Waals surface area contributed by atoms with Gasteiger partial charge in [0.05, 0.1) is 0 Å². The average molecular weight is 289 g/mol. The molecule has 18 heavy (non-hydrogen) atoms. The second-order valence-electron chi connectivity index (χ2n) is 4.52. The lowest BCUT2D eigenvalue weighted by Crippen LogP contribution is -2.52. The van der Waals surface area contributed by atoms with Crippen molar-refractivity contribution in [3.05, 3.63) is 34.3 Å². The average Bonchev–Trinajstić information content (AvgIpc) is 2.32. The van der Waals surface area contributed by atoms with Crippen LogP contribution in [0.15, 0.2) is 18.2 Å². The fourth-order valence-electron chi connectivity index (χ4n) is 2.03. The van der Waals surface area contributed by atoms with Crippen molar-refractivity contribution in [1.29, 1.82) is 0 Å². The van der Waals surface area contributed by atoms with Crippen LogP contribution in [0.2, 0.25) is 5.02 Å². The van der Waals surface area contributed by atoms with Gasteiger partial charge in [-0.3, -0.25) is 4.79 Å². The molecule has 5 heteroatoms. The van der Waals surface area contributed by atoms with E-state index >= 15 is 0 Å². The molecule has 0 bridgehead atoms. The Kier molecular flexibility index (Phi) is 5.45. The van der Waals surface area contributed by atoms with Gasteiger partial charge in [0.1, 0.15) is 0 Å². The summed E-state index contributed by atoms with van der Waals surface area (Å²) in [5.41, 5.74) is 1.67. The topological polar surface area (TPSA) is 32.3 Å². The van der Waals surface area contributed by atoms with Crippen LogP contribution in [0.3, 0.4) is 0 Å². The van der Waals surface area contributed by atoms with Gasteiger partial charge in [-0.15, -0.1) is 12.4 Å². The monoisotopic (exact) mass is 288 g/mol. The van der Waals surface area contributed by atoms with Gasteiger partial charge in [-0.1, -0.05) is 17.7 Å². The molecule has 1 aliphatic rings. The van der Waals surface area contributed by atoms with E-state index in [4.69, 9.17) is 11.6 Å². The highest BCUT2D eigenvalue weighted by molar-refractivity contribution is 6.31. The number of hydrogen-bond donors (Lipinski definition) is 1. The zero-order valence-electron chi connectivity index (χ0n) is 10.6. The Hall–Kier alpha value is -0.770. The molecule has 0 saturated carbocycles. The van der Waals surface area contributed by atoms with Crippen LogP contribution in [0.25, 0.3) is 0 Å². The van der Waals surface area contributed by atoms with E-state index in [9.17, 15) is 4.79 Å². The van der Waals surface area contributed by atoms with Gasteiger partial charge in [-0.25, -0.2) is 0 Å². The number of nitrogens with one attached hydrogen (secondary N) is 1. The van der Waals surface area contributed by atoms with Crippen LogP contribution in [-0.4, -0.2) is 36.5 Å². The molecule has 1 saturated heterocycles. The number of rotatable bonds is 1. The second kappa shape index (κ2) is 6.41. The third-order valence-corrected chi connectivity index (χ3v) is 3.59. The van der Waals surface area contributed by atoms with Crippen molar-refractivity contribution in [2.45, 2.75) is 19.9 Å². The minimum absolute atomic E-state index is 0. The Morgan fingerprint density at radius 1 is 1.50 bits per heavy atom. The molecule has 1 aromatic rings. The summed E-state index contributed by atoms with van der Waals surface area (Å²) in [4.78, 5) is 14.2. The van der Waals surface area contributed by atoms with Gasteiger partial charge in [0.15, 0.2) is 0 Å². The van der Waals surface area contributed by atoms with Crippen molar-refractivity contribution in [2.24, 2.45) is 0 Å². The van der Waals surface area contributed by atoms with Crippen LogP contribution < -0.4 is 5.32 Å². The molecule has 1 atom stereocenters. The molecule has 0 spiro atoms. The Balaban J connectivity index is 0.00000162. The zero-order chi connectivity index (χ0) is 12.4. The van der Waals surface area contributed by atoms with Crippen molar-refractivity contribution in [1.82, 2.24) is 10.2 Å². The highest BCUT2D eigenvalue weighted by atomic mass is 35.5. The first-order chi connectivity index (χ1) is 8.09. The van der Waals surface area contributed by atoms with Gasteiger partial charge >= 0.3 is 0 Å². The van der Waals surface area contributed by atoms with Crippen LogP contribution in [0, 0.1) is 6.92 Å². The summed E-state index contributed by atoms with van der Waals surface area (Å²) in [7, 11) is 0. The maximum atomic E-state index is 12.3. The molecule has 0 radical (unpaired) electrons. The molecular weight excluding hydrogens is 271 g/mol. The van der Waals surface area contributed by atoms with Crippen molar-refractivity contribution in [3.8, 4) is 0 Å². The van der Waals surface area contributed by atoms with E-state index < -0.39 is 0 Å². The largest absolute Gasteiger partial charge is 0.333 e. The molecule has 100 valence electrons. The van der Waals surface area contributed by atoms with E-state index in [1.165, 1.54) is 0 Å². The van der Waals surface area contributed by atoms with Crippen LogP contribution in [-0.2, 0) is 0 Å². The Morgan fingerprint density at radius 3 is 2.83 bits per heavy atom. The molecule has 0 aliphatic carbocycles. The summed E-state index contributed by atoms with van der Waals surface area (Å²) in [6, 6.07) is 5.73. The number of carbonyl (C=O) groups is 1. The Labute approximate surface area is 119 Å².